The van der Waals surface area contributed by atoms with Gasteiger partial charge in [0.05, 0.1) is 0 Å². The van der Waals surface area contributed by atoms with Crippen molar-refractivity contribution < 1.29 is 47.6 Å². The fourth-order valence-corrected chi connectivity index (χ4v) is 5.84. The van der Waals surface area contributed by atoms with Crippen molar-refractivity contribution in [2.75, 3.05) is 13.6 Å². The van der Waals surface area contributed by atoms with E-state index in [0.717, 1.165) is 44.5 Å². The minimum absolute atomic E-state index is 0.239. The molecule has 1 aliphatic carbocycles. The summed E-state index contributed by atoms with van der Waals surface area (Å²) in [5.74, 6) is -0.317. The van der Waals surface area contributed by atoms with Crippen molar-refractivity contribution >= 4 is 36.0 Å². The first kappa shape index (κ1) is 39.5. The second-order valence-electron chi connectivity index (χ2n) is 13.5. The molecule has 0 spiro atoms. The maximum atomic E-state index is 12.8. The van der Waals surface area contributed by atoms with Gasteiger partial charge in [-0.25, -0.2) is 19.2 Å². The second-order valence-corrected chi connectivity index (χ2v) is 13.5. The van der Waals surface area contributed by atoms with Gasteiger partial charge in [-0.05, 0) is 133 Å². The number of hydrogen-bond acceptors (Lipinski definition) is 10. The van der Waals surface area contributed by atoms with Gasteiger partial charge in [0.2, 0.25) is 13.6 Å². The van der Waals surface area contributed by atoms with E-state index in [0.29, 0.717) is 23.0 Å². The quantitative estimate of drug-likeness (QED) is 0.0536. The molecule has 55 heavy (non-hydrogen) atoms. The SMILES string of the molecule is C=C(C)C(=O)OCOc1ccc(C=CC(=O)Oc2ccc3c(c2)C(C)(C)c2cc(OC(=O)C=Cc4ccc(OCOC(=O)C(=C)C)cc4C)ccc2-3)c(C)c1. The van der Waals surface area contributed by atoms with Crippen molar-refractivity contribution in [2.24, 2.45) is 0 Å². The number of esters is 4. The molecule has 1 aliphatic rings. The van der Waals surface area contributed by atoms with Gasteiger partial charge < -0.3 is 28.4 Å². The topological polar surface area (TPSA) is 124 Å². The maximum absolute atomic E-state index is 12.8. The molecule has 0 N–H and O–H groups in total. The van der Waals surface area contributed by atoms with Gasteiger partial charge >= 0.3 is 23.9 Å². The van der Waals surface area contributed by atoms with Crippen molar-refractivity contribution in [1.29, 1.82) is 0 Å². The summed E-state index contributed by atoms with van der Waals surface area (Å²) in [5.41, 5.74) is 7.30. The van der Waals surface area contributed by atoms with Crippen LogP contribution in [0.25, 0.3) is 23.3 Å². The molecule has 0 heterocycles. The van der Waals surface area contributed by atoms with E-state index in [4.69, 9.17) is 28.4 Å². The largest absolute Gasteiger partial charge is 0.457 e. The van der Waals surface area contributed by atoms with Crippen molar-refractivity contribution in [3.63, 3.8) is 0 Å². The van der Waals surface area contributed by atoms with Crippen LogP contribution in [-0.2, 0) is 34.1 Å². The van der Waals surface area contributed by atoms with Gasteiger partial charge in [0.15, 0.2) is 0 Å². The predicted octanol–water partition coefficient (Wildman–Crippen LogP) is 8.76. The smallest absolute Gasteiger partial charge is 0.336 e. The maximum Gasteiger partial charge on any atom is 0.336 e. The summed E-state index contributed by atoms with van der Waals surface area (Å²) in [7, 11) is 0. The van der Waals surface area contributed by atoms with Crippen LogP contribution in [0.2, 0.25) is 0 Å². The molecule has 0 radical (unpaired) electrons. The van der Waals surface area contributed by atoms with Gasteiger partial charge in [-0.3, -0.25) is 0 Å². The molecular formula is C45H42O10. The Balaban J connectivity index is 1.18. The van der Waals surface area contributed by atoms with Crippen LogP contribution in [0.1, 0.15) is 61.1 Å². The summed E-state index contributed by atoms with van der Waals surface area (Å²) < 4.78 is 32.3. The molecule has 0 aromatic heterocycles. The lowest BCUT2D eigenvalue weighted by molar-refractivity contribution is -0.146. The van der Waals surface area contributed by atoms with E-state index in [9.17, 15) is 19.2 Å². The number of fused-ring (bicyclic) bond motifs is 3. The summed E-state index contributed by atoms with van der Waals surface area (Å²) in [4.78, 5) is 48.8. The van der Waals surface area contributed by atoms with E-state index in [1.54, 1.807) is 74.5 Å². The second kappa shape index (κ2) is 17.0. The Labute approximate surface area is 320 Å². The Kier molecular flexibility index (Phi) is 12.2. The summed E-state index contributed by atoms with van der Waals surface area (Å²) in [6.07, 6.45) is 6.04. The van der Waals surface area contributed by atoms with E-state index in [2.05, 4.69) is 27.0 Å². The number of rotatable bonds is 14. The monoisotopic (exact) mass is 742 g/mol. The first-order valence-corrected chi connectivity index (χ1v) is 17.3. The van der Waals surface area contributed by atoms with E-state index in [-0.39, 0.29) is 24.7 Å². The number of ether oxygens (including phenoxy) is 6. The average molecular weight is 743 g/mol. The average Bonchev–Trinajstić information content (AvgIpc) is 3.35. The molecule has 0 atom stereocenters. The summed E-state index contributed by atoms with van der Waals surface area (Å²) in [5, 5.41) is 0. The molecule has 0 saturated carbocycles. The first-order chi connectivity index (χ1) is 26.1. The normalized spacial score (nSPS) is 12.4. The van der Waals surface area contributed by atoms with Crippen LogP contribution in [-0.4, -0.2) is 37.5 Å². The van der Waals surface area contributed by atoms with Crippen LogP contribution in [0.3, 0.4) is 0 Å². The van der Waals surface area contributed by atoms with Crippen molar-refractivity contribution in [3.8, 4) is 34.1 Å². The van der Waals surface area contributed by atoms with Crippen LogP contribution in [0, 0.1) is 13.8 Å². The fourth-order valence-electron chi connectivity index (χ4n) is 5.84. The number of carbonyl (C=O) groups excluding carboxylic acids is 4. The number of benzene rings is 4. The molecule has 282 valence electrons. The highest BCUT2D eigenvalue weighted by molar-refractivity contribution is 5.91. The molecular weight excluding hydrogens is 700 g/mol. The lowest BCUT2D eigenvalue weighted by Gasteiger charge is -2.22. The Hall–Kier alpha value is -6.68. The Bertz CT molecular complexity index is 2100. The minimum Gasteiger partial charge on any atom is -0.457 e. The van der Waals surface area contributed by atoms with E-state index in [1.807, 2.05) is 38.1 Å². The number of hydrogen-bond donors (Lipinski definition) is 0. The van der Waals surface area contributed by atoms with Crippen molar-refractivity contribution in [3.05, 3.63) is 143 Å². The van der Waals surface area contributed by atoms with Crippen LogP contribution < -0.4 is 18.9 Å². The molecule has 10 nitrogen and oxygen atoms in total. The van der Waals surface area contributed by atoms with Gasteiger partial charge in [-0.1, -0.05) is 51.3 Å². The van der Waals surface area contributed by atoms with Crippen molar-refractivity contribution in [2.45, 2.75) is 47.0 Å². The van der Waals surface area contributed by atoms with E-state index < -0.39 is 29.3 Å². The highest BCUT2D eigenvalue weighted by atomic mass is 16.7. The fraction of sp³-hybridized carbons (Fsp3) is 0.200. The number of aryl methyl sites for hydroxylation is 2. The molecule has 0 fully saturated rings. The predicted molar refractivity (Wildman–Crippen MR) is 209 cm³/mol. The lowest BCUT2D eigenvalue weighted by atomic mass is 9.82. The zero-order chi connectivity index (χ0) is 39.9. The molecule has 5 rings (SSSR count). The molecule has 4 aromatic rings. The standard InChI is InChI=1S/C45H42O10/c1-27(2)43(48)52-25-50-33-13-9-31(29(5)21-33)11-19-41(46)54-35-15-17-37-38-18-16-36(24-40(38)45(7,8)39(37)23-35)55-42(47)20-12-32-10-14-34(22-30(32)6)51-26-53-44(49)28(3)4/h9-24H,1,3,25-26H2,2,4-8H3. The highest BCUT2D eigenvalue weighted by Gasteiger charge is 2.36. The van der Waals surface area contributed by atoms with E-state index >= 15 is 0 Å². The Morgan fingerprint density at radius 3 is 1.33 bits per heavy atom. The van der Waals surface area contributed by atoms with E-state index in [1.165, 1.54) is 12.2 Å². The molecule has 0 aliphatic heterocycles. The minimum atomic E-state index is -0.539. The Morgan fingerprint density at radius 1 is 0.582 bits per heavy atom. The highest BCUT2D eigenvalue weighted by Crippen LogP contribution is 2.50. The third-order valence-electron chi connectivity index (χ3n) is 8.86. The summed E-state index contributed by atoms with van der Waals surface area (Å²) in [6, 6.07) is 21.6. The van der Waals surface area contributed by atoms with Gasteiger partial charge in [0, 0.05) is 28.7 Å². The molecule has 0 amide bonds. The Morgan fingerprint density at radius 2 is 0.964 bits per heavy atom. The van der Waals surface area contributed by atoms with Gasteiger partial charge in [-0.2, -0.15) is 0 Å². The molecule has 0 saturated heterocycles. The van der Waals surface area contributed by atoms with Crippen LogP contribution in [0.5, 0.6) is 23.0 Å². The van der Waals surface area contributed by atoms with Crippen LogP contribution in [0.15, 0.2) is 109 Å². The van der Waals surface area contributed by atoms with Crippen LogP contribution in [0.4, 0.5) is 0 Å². The molecule has 4 aromatic carbocycles. The molecule has 0 unspecified atom stereocenters. The lowest BCUT2D eigenvalue weighted by Crippen LogP contribution is -2.16. The van der Waals surface area contributed by atoms with Crippen molar-refractivity contribution in [1.82, 2.24) is 0 Å². The number of carbonyl (C=O) groups is 4. The molecule has 0 bridgehead atoms. The van der Waals surface area contributed by atoms with Gasteiger partial charge in [0.25, 0.3) is 0 Å². The van der Waals surface area contributed by atoms with Crippen LogP contribution >= 0.6 is 0 Å². The molecule has 10 heteroatoms. The third-order valence-corrected chi connectivity index (χ3v) is 8.86. The first-order valence-electron chi connectivity index (χ1n) is 17.3. The summed E-state index contributed by atoms with van der Waals surface area (Å²) >= 11 is 0. The third kappa shape index (κ3) is 9.85. The summed E-state index contributed by atoms with van der Waals surface area (Å²) in [6.45, 7) is 17.6. The van der Waals surface area contributed by atoms with Gasteiger partial charge in [0.1, 0.15) is 23.0 Å². The van der Waals surface area contributed by atoms with Gasteiger partial charge in [-0.15, -0.1) is 0 Å². The zero-order valence-corrected chi connectivity index (χ0v) is 31.6. The zero-order valence-electron chi connectivity index (χ0n) is 31.6.